The van der Waals surface area contributed by atoms with Crippen molar-refractivity contribution in [1.29, 1.82) is 0 Å². The minimum atomic E-state index is -0.509. The highest BCUT2D eigenvalue weighted by Gasteiger charge is 2.06. The highest BCUT2D eigenvalue weighted by molar-refractivity contribution is 8.76. The zero-order chi connectivity index (χ0) is 12.7. The van der Waals surface area contributed by atoms with Crippen LogP contribution in [0.2, 0.25) is 0 Å². The van der Waals surface area contributed by atoms with Crippen molar-refractivity contribution in [2.45, 2.75) is 11.4 Å². The zero-order valence-electron chi connectivity index (χ0n) is 8.37. The molecule has 0 saturated carbocycles. The van der Waals surface area contributed by atoms with Crippen molar-refractivity contribution in [2.24, 2.45) is 0 Å². The highest BCUT2D eigenvalue weighted by Crippen LogP contribution is 2.30. The van der Waals surface area contributed by atoms with Crippen molar-refractivity contribution in [3.63, 3.8) is 0 Å². The first-order valence-corrected chi connectivity index (χ1v) is 6.97. The molecule has 1 aromatic rings. The first-order valence-electron chi connectivity index (χ1n) is 4.35. The number of aromatic nitrogens is 1. The molecule has 0 aromatic carbocycles. The summed E-state index contributed by atoms with van der Waals surface area (Å²) in [6, 6.07) is 2.93. The van der Waals surface area contributed by atoms with E-state index in [0.29, 0.717) is 10.8 Å². The molecule has 0 amide bonds. The predicted octanol–water partition coefficient (Wildman–Crippen LogP) is 2.82. The van der Waals surface area contributed by atoms with Gasteiger partial charge in [-0.15, -0.1) is 0 Å². The van der Waals surface area contributed by atoms with Gasteiger partial charge in [0.25, 0.3) is 5.69 Å². The van der Waals surface area contributed by atoms with E-state index in [1.165, 1.54) is 33.9 Å². The summed E-state index contributed by atoms with van der Waals surface area (Å²) in [4.78, 5) is 24.4. The number of hydrogen-bond acceptors (Lipinski definition) is 7. The van der Waals surface area contributed by atoms with Crippen LogP contribution in [0.5, 0.6) is 0 Å². The Bertz CT molecular complexity index is 401. The molecule has 6 nitrogen and oxygen atoms in total. The van der Waals surface area contributed by atoms with Gasteiger partial charge in [-0.1, -0.05) is 10.8 Å². The summed E-state index contributed by atoms with van der Waals surface area (Å²) in [5, 5.41) is 11.0. The second kappa shape index (κ2) is 7.36. The molecule has 0 radical (unpaired) electrons. The molecular formula is C8H7ClN2O4S2. The molecule has 0 atom stereocenters. The van der Waals surface area contributed by atoms with Gasteiger partial charge in [0.1, 0.15) is 23.1 Å². The molecule has 0 fully saturated rings. The smallest absolute Gasteiger partial charge is 0.325 e. The van der Waals surface area contributed by atoms with E-state index in [1.54, 1.807) is 6.07 Å². The standard InChI is InChI=1S/C8H7ClN2O4S2/c9-15-8(12)3-4-16-17-7-2-1-6(5-10-7)11(13)14/h1-2,5H,3-4H2. The van der Waals surface area contributed by atoms with Crippen LogP contribution in [0.1, 0.15) is 6.42 Å². The van der Waals surface area contributed by atoms with Gasteiger partial charge < -0.3 is 4.29 Å². The molecule has 0 bridgehead atoms. The maximum Gasteiger partial charge on any atom is 0.325 e. The van der Waals surface area contributed by atoms with Crippen molar-refractivity contribution in [3.8, 4) is 0 Å². The van der Waals surface area contributed by atoms with Crippen LogP contribution in [0.15, 0.2) is 23.4 Å². The van der Waals surface area contributed by atoms with Crippen LogP contribution in [-0.2, 0) is 9.08 Å². The average Bonchev–Trinajstić information content (AvgIpc) is 2.34. The fourth-order valence-electron chi connectivity index (χ4n) is 0.795. The first kappa shape index (κ1) is 14.1. The maximum absolute atomic E-state index is 10.7. The quantitative estimate of drug-likeness (QED) is 0.345. The molecule has 92 valence electrons. The van der Waals surface area contributed by atoms with E-state index in [9.17, 15) is 14.9 Å². The lowest BCUT2D eigenvalue weighted by Gasteiger charge is -1.98. The van der Waals surface area contributed by atoms with Gasteiger partial charge in [0.05, 0.1) is 11.3 Å². The Morgan fingerprint density at radius 1 is 1.59 bits per heavy atom. The zero-order valence-corrected chi connectivity index (χ0v) is 10.8. The average molecular weight is 295 g/mol. The fraction of sp³-hybridized carbons (Fsp3) is 0.250. The summed E-state index contributed by atoms with van der Waals surface area (Å²) in [7, 11) is 2.71. The summed E-state index contributed by atoms with van der Waals surface area (Å²) >= 11 is 4.85. The summed E-state index contributed by atoms with van der Waals surface area (Å²) in [5.74, 6) is 0.0333. The summed E-state index contributed by atoms with van der Waals surface area (Å²) < 4.78 is 3.96. The Morgan fingerprint density at radius 3 is 2.88 bits per heavy atom. The number of hydrogen-bond donors (Lipinski definition) is 0. The minimum Gasteiger partial charge on any atom is -0.348 e. The second-order valence-electron chi connectivity index (χ2n) is 2.72. The van der Waals surface area contributed by atoms with Crippen molar-refractivity contribution < 1.29 is 14.0 Å². The van der Waals surface area contributed by atoms with Crippen LogP contribution in [0.25, 0.3) is 0 Å². The number of pyridine rings is 1. The highest BCUT2D eigenvalue weighted by atomic mass is 35.5. The molecule has 17 heavy (non-hydrogen) atoms. The number of carbonyl (C=O) groups excluding carboxylic acids is 1. The van der Waals surface area contributed by atoms with Crippen LogP contribution in [0.3, 0.4) is 0 Å². The van der Waals surface area contributed by atoms with Crippen LogP contribution in [0.4, 0.5) is 5.69 Å². The third-order valence-corrected chi connectivity index (χ3v) is 3.99. The summed E-state index contributed by atoms with van der Waals surface area (Å²) in [5.41, 5.74) is -0.0509. The molecule has 0 spiro atoms. The van der Waals surface area contributed by atoms with Crippen molar-refractivity contribution in [2.75, 3.05) is 5.75 Å². The molecule has 9 heteroatoms. The summed E-state index contributed by atoms with van der Waals surface area (Å²) in [6.45, 7) is 0. The Labute approximate surface area is 110 Å². The van der Waals surface area contributed by atoms with Gasteiger partial charge >= 0.3 is 5.97 Å². The molecule has 0 N–H and O–H groups in total. The van der Waals surface area contributed by atoms with Gasteiger partial charge in [0, 0.05) is 11.8 Å². The summed E-state index contributed by atoms with van der Waals surface area (Å²) in [6.07, 6.45) is 1.39. The molecule has 1 aromatic heterocycles. The molecule has 0 aliphatic rings. The molecule has 1 heterocycles. The largest absolute Gasteiger partial charge is 0.348 e. The van der Waals surface area contributed by atoms with E-state index in [-0.39, 0.29) is 12.1 Å². The number of nitrogens with zero attached hydrogens (tertiary/aromatic N) is 2. The van der Waals surface area contributed by atoms with Crippen molar-refractivity contribution >= 4 is 45.1 Å². The lowest BCUT2D eigenvalue weighted by molar-refractivity contribution is -0.385. The Morgan fingerprint density at radius 2 is 2.35 bits per heavy atom. The number of nitro groups is 1. The van der Waals surface area contributed by atoms with Gasteiger partial charge in [-0.25, -0.2) is 4.98 Å². The Kier molecular flexibility index (Phi) is 6.09. The maximum atomic E-state index is 10.7. The first-order chi connectivity index (χ1) is 8.13. The SMILES string of the molecule is O=C(CCSSc1ccc([N+](=O)[O-])cn1)OCl. The van der Waals surface area contributed by atoms with Crippen LogP contribution < -0.4 is 0 Å². The predicted molar refractivity (Wildman–Crippen MR) is 65.8 cm³/mol. The van der Waals surface area contributed by atoms with E-state index in [2.05, 4.69) is 9.27 Å². The number of carbonyl (C=O) groups is 1. The molecular weight excluding hydrogens is 288 g/mol. The third kappa shape index (κ3) is 5.24. The van der Waals surface area contributed by atoms with Crippen molar-refractivity contribution in [3.05, 3.63) is 28.4 Å². The monoisotopic (exact) mass is 294 g/mol. The van der Waals surface area contributed by atoms with Crippen LogP contribution >= 0.6 is 33.5 Å². The lowest BCUT2D eigenvalue weighted by atomic mass is 10.4. The van der Waals surface area contributed by atoms with E-state index in [4.69, 9.17) is 11.9 Å². The minimum absolute atomic E-state index is 0.0509. The molecule has 0 aliphatic heterocycles. The van der Waals surface area contributed by atoms with Crippen molar-refractivity contribution in [1.82, 2.24) is 4.98 Å². The molecule has 0 saturated heterocycles. The van der Waals surface area contributed by atoms with Gasteiger partial charge in [-0.2, -0.15) is 0 Å². The molecule has 0 aliphatic carbocycles. The van der Waals surface area contributed by atoms with Gasteiger partial charge in [-0.05, 0) is 16.9 Å². The Hall–Kier alpha value is -0.990. The van der Waals surface area contributed by atoms with E-state index in [1.807, 2.05) is 0 Å². The van der Waals surface area contributed by atoms with E-state index in [0.717, 1.165) is 0 Å². The number of halogens is 1. The lowest BCUT2D eigenvalue weighted by Crippen LogP contribution is -1.97. The fourth-order valence-corrected chi connectivity index (χ4v) is 2.70. The van der Waals surface area contributed by atoms with Gasteiger partial charge in [-0.3, -0.25) is 14.9 Å². The van der Waals surface area contributed by atoms with Crippen LogP contribution in [-0.4, -0.2) is 21.6 Å². The van der Waals surface area contributed by atoms with Gasteiger partial charge in [0.2, 0.25) is 0 Å². The Balaban J connectivity index is 2.32. The third-order valence-electron chi connectivity index (χ3n) is 1.55. The van der Waals surface area contributed by atoms with Crippen LogP contribution in [0, 0.1) is 10.1 Å². The normalized spacial score (nSPS) is 9.94. The molecule has 1 rings (SSSR count). The molecule has 0 unspecified atom stereocenters. The second-order valence-corrected chi connectivity index (χ2v) is 5.31. The number of rotatable bonds is 6. The van der Waals surface area contributed by atoms with Gasteiger partial charge in [0.15, 0.2) is 0 Å². The van der Waals surface area contributed by atoms with E-state index < -0.39 is 10.9 Å². The topological polar surface area (TPSA) is 82.3 Å². The van der Waals surface area contributed by atoms with E-state index >= 15 is 0 Å².